The van der Waals surface area contributed by atoms with Gasteiger partial charge in [-0.2, -0.15) is 5.26 Å². The van der Waals surface area contributed by atoms with E-state index in [9.17, 15) is 22.9 Å². The first-order valence-electron chi connectivity index (χ1n) is 14.2. The second-order valence-corrected chi connectivity index (χ2v) is 13.1. The van der Waals surface area contributed by atoms with E-state index in [1.165, 1.54) is 30.7 Å². The lowest BCUT2D eigenvalue weighted by atomic mass is 10.1. The molecule has 2 N–H and O–H groups in total. The third kappa shape index (κ3) is 9.65. The van der Waals surface area contributed by atoms with Crippen LogP contribution in [0.15, 0.2) is 72.9 Å². The van der Waals surface area contributed by atoms with Gasteiger partial charge in [-0.25, -0.2) is 12.8 Å². The van der Waals surface area contributed by atoms with Gasteiger partial charge in [-0.05, 0) is 55.9 Å². The summed E-state index contributed by atoms with van der Waals surface area (Å²) in [5, 5.41) is 16.8. The molecule has 0 unspecified atom stereocenters. The molecule has 1 heterocycles. The number of carbonyl (C=O) groups excluding carboxylic acids is 1. The van der Waals surface area contributed by atoms with Gasteiger partial charge in [0, 0.05) is 48.8 Å². The number of pyridine rings is 1. The van der Waals surface area contributed by atoms with Crippen molar-refractivity contribution in [1.29, 1.82) is 5.26 Å². The molecule has 4 rings (SSSR count). The second-order valence-electron chi connectivity index (χ2n) is 10.4. The number of halogens is 2. The van der Waals surface area contributed by atoms with Gasteiger partial charge in [-0.3, -0.25) is 9.78 Å². The van der Waals surface area contributed by atoms with E-state index in [4.69, 9.17) is 21.1 Å². The molecule has 3 aromatic carbocycles. The lowest BCUT2D eigenvalue weighted by Gasteiger charge is -2.16. The zero-order valence-electron chi connectivity index (χ0n) is 25.5. The number of fused-ring (bicyclic) bond motifs is 1. The Labute approximate surface area is 272 Å². The molecule has 4 aromatic rings. The van der Waals surface area contributed by atoms with Crippen LogP contribution in [0.5, 0.6) is 11.5 Å². The fourth-order valence-electron chi connectivity index (χ4n) is 4.37. The number of sulfone groups is 1. The smallest absolute Gasteiger partial charge is 0.248 e. The molecular weight excluding hydrogens is 633 g/mol. The highest BCUT2D eigenvalue weighted by Crippen LogP contribution is 2.37. The maximum absolute atomic E-state index is 13.5. The number of benzene rings is 3. The highest BCUT2D eigenvalue weighted by Gasteiger charge is 2.16. The first-order chi connectivity index (χ1) is 22.0. The molecule has 0 spiro atoms. The fraction of sp³-hybridized carbons (Fsp3) is 0.242. The minimum Gasteiger partial charge on any atom is -0.492 e. The third-order valence-electron chi connectivity index (χ3n) is 6.66. The van der Waals surface area contributed by atoms with Crippen LogP contribution in [0.3, 0.4) is 0 Å². The first-order valence-corrected chi connectivity index (χ1v) is 16.7. The van der Waals surface area contributed by atoms with Crippen molar-refractivity contribution in [3.05, 3.63) is 94.9 Å². The molecule has 0 saturated heterocycles. The minimum absolute atomic E-state index is 0.0220. The molecule has 1 aromatic heterocycles. The van der Waals surface area contributed by atoms with Crippen LogP contribution in [0.4, 0.5) is 21.5 Å². The number of nitriles is 1. The number of likely N-dealkylation sites (N-methyl/N-ethyl adjacent to an activating group) is 1. The summed E-state index contributed by atoms with van der Waals surface area (Å²) in [5.41, 5.74) is 2.81. The van der Waals surface area contributed by atoms with Gasteiger partial charge in [0.05, 0.1) is 39.8 Å². The van der Waals surface area contributed by atoms with Gasteiger partial charge < -0.3 is 25.0 Å². The Morgan fingerprint density at radius 2 is 1.96 bits per heavy atom. The SMILES string of the molecule is CCOc1cc2ncc(C#N)c(Nc3ccc(OCc4cccc(F)c4)c(Cl)c3)c2cc1NC(=O)/C=C/CN(C)CCS(C)(=O)=O. The van der Waals surface area contributed by atoms with Gasteiger partial charge in [0.2, 0.25) is 5.91 Å². The number of hydrogen-bond donors (Lipinski definition) is 2. The molecule has 240 valence electrons. The molecule has 10 nitrogen and oxygen atoms in total. The number of hydrogen-bond acceptors (Lipinski definition) is 9. The van der Waals surface area contributed by atoms with Gasteiger partial charge in [-0.15, -0.1) is 0 Å². The quantitative estimate of drug-likeness (QED) is 0.153. The number of nitrogens with zero attached hydrogens (tertiary/aromatic N) is 3. The van der Waals surface area contributed by atoms with E-state index < -0.39 is 15.7 Å². The standard InChI is InChI=1S/C33H33ClFN5O5S/c1-4-44-31-18-28-26(17-29(31)39-32(41)9-6-12-40(2)13-14-46(3,42)43)33(23(19-36)20-37-28)38-25-10-11-30(27(34)16-25)45-21-22-7-5-8-24(35)15-22/h5-11,15-18,20H,4,12-14,21H2,1-3H3,(H,37,38)(H,39,41)/b9-6+. The van der Waals surface area contributed by atoms with E-state index in [0.29, 0.717) is 69.7 Å². The average molecular weight is 666 g/mol. The lowest BCUT2D eigenvalue weighted by molar-refractivity contribution is -0.111. The zero-order valence-corrected chi connectivity index (χ0v) is 27.1. The zero-order chi connectivity index (χ0) is 33.3. The van der Waals surface area contributed by atoms with Gasteiger partial charge >= 0.3 is 0 Å². The number of rotatable bonds is 14. The van der Waals surface area contributed by atoms with Gasteiger partial charge in [0.25, 0.3) is 0 Å². The highest BCUT2D eigenvalue weighted by atomic mass is 35.5. The Kier molecular flexibility index (Phi) is 11.5. The normalized spacial score (nSPS) is 11.5. The molecule has 0 atom stereocenters. The molecule has 0 fully saturated rings. The summed E-state index contributed by atoms with van der Waals surface area (Å²) in [6.07, 6.45) is 5.62. The average Bonchev–Trinajstić information content (AvgIpc) is 3.00. The Bertz CT molecular complexity index is 1910. The summed E-state index contributed by atoms with van der Waals surface area (Å²) >= 11 is 6.51. The van der Waals surface area contributed by atoms with Crippen LogP contribution >= 0.6 is 11.6 Å². The van der Waals surface area contributed by atoms with E-state index >= 15 is 0 Å². The Morgan fingerprint density at radius 1 is 1.15 bits per heavy atom. The molecule has 46 heavy (non-hydrogen) atoms. The fourth-order valence-corrected chi connectivity index (χ4v) is 5.25. The number of nitrogens with one attached hydrogen (secondary N) is 2. The van der Waals surface area contributed by atoms with Gasteiger partial charge in [0.1, 0.15) is 39.8 Å². The van der Waals surface area contributed by atoms with E-state index in [-0.39, 0.29) is 23.7 Å². The number of amides is 1. The van der Waals surface area contributed by atoms with E-state index in [0.717, 1.165) is 0 Å². The third-order valence-corrected chi connectivity index (χ3v) is 7.88. The minimum atomic E-state index is -3.09. The molecule has 0 radical (unpaired) electrons. The van der Waals surface area contributed by atoms with Crippen LogP contribution in [0.1, 0.15) is 18.1 Å². The molecule has 0 aliphatic heterocycles. The maximum Gasteiger partial charge on any atom is 0.248 e. The van der Waals surface area contributed by atoms with Gasteiger partial charge in [-0.1, -0.05) is 29.8 Å². The molecule has 0 bridgehead atoms. The summed E-state index contributed by atoms with van der Waals surface area (Å²) < 4.78 is 47.9. The largest absolute Gasteiger partial charge is 0.492 e. The number of aromatic nitrogens is 1. The molecular formula is C33H33ClFN5O5S. The van der Waals surface area contributed by atoms with Crippen LogP contribution in [-0.4, -0.2) is 63.0 Å². The summed E-state index contributed by atoms with van der Waals surface area (Å²) in [7, 11) is -1.32. The maximum atomic E-state index is 13.5. The Hall–Kier alpha value is -4.70. The van der Waals surface area contributed by atoms with Crippen molar-refractivity contribution in [3.8, 4) is 17.6 Å². The van der Waals surface area contributed by atoms with Crippen molar-refractivity contribution >= 4 is 55.3 Å². The molecule has 13 heteroatoms. The monoisotopic (exact) mass is 665 g/mol. The van der Waals surface area contributed by atoms with Gasteiger partial charge in [0.15, 0.2) is 0 Å². The summed E-state index contributed by atoms with van der Waals surface area (Å²) in [5.74, 6) is 0.0413. The summed E-state index contributed by atoms with van der Waals surface area (Å²) in [6, 6.07) is 16.6. The first kappa shape index (κ1) is 34.2. The number of carbonyl (C=O) groups is 1. The Morgan fingerprint density at radius 3 is 2.65 bits per heavy atom. The van der Waals surface area contributed by atoms with Crippen molar-refractivity contribution in [2.75, 3.05) is 49.4 Å². The number of ether oxygens (including phenoxy) is 2. The molecule has 0 saturated carbocycles. The highest BCUT2D eigenvalue weighted by molar-refractivity contribution is 7.90. The van der Waals surface area contributed by atoms with Crippen LogP contribution < -0.4 is 20.1 Å². The molecule has 0 aliphatic rings. The van der Waals surface area contributed by atoms with E-state index in [1.807, 2.05) is 6.92 Å². The van der Waals surface area contributed by atoms with Crippen molar-refractivity contribution in [2.24, 2.45) is 0 Å². The van der Waals surface area contributed by atoms with Crippen molar-refractivity contribution < 1.29 is 27.1 Å². The van der Waals surface area contributed by atoms with Crippen LogP contribution in [-0.2, 0) is 21.2 Å². The Balaban J connectivity index is 1.56. The molecule has 1 amide bonds. The second kappa shape index (κ2) is 15.5. The predicted octanol–water partition coefficient (Wildman–Crippen LogP) is 6.09. The van der Waals surface area contributed by atoms with E-state index in [1.54, 1.807) is 60.5 Å². The van der Waals surface area contributed by atoms with Crippen molar-refractivity contribution in [3.63, 3.8) is 0 Å². The van der Waals surface area contributed by atoms with Crippen LogP contribution in [0.2, 0.25) is 5.02 Å². The van der Waals surface area contributed by atoms with Crippen LogP contribution in [0, 0.1) is 17.1 Å². The molecule has 0 aliphatic carbocycles. The topological polar surface area (TPSA) is 134 Å². The lowest BCUT2D eigenvalue weighted by Crippen LogP contribution is -2.25. The summed E-state index contributed by atoms with van der Waals surface area (Å²) in [6.45, 7) is 2.99. The number of anilines is 3. The summed E-state index contributed by atoms with van der Waals surface area (Å²) in [4.78, 5) is 19.0. The van der Waals surface area contributed by atoms with E-state index in [2.05, 4.69) is 21.7 Å². The van der Waals surface area contributed by atoms with Crippen LogP contribution in [0.25, 0.3) is 10.9 Å². The van der Waals surface area contributed by atoms with Crippen molar-refractivity contribution in [2.45, 2.75) is 13.5 Å². The predicted molar refractivity (Wildman–Crippen MR) is 178 cm³/mol. The van der Waals surface area contributed by atoms with Crippen molar-refractivity contribution in [1.82, 2.24) is 9.88 Å².